The lowest BCUT2D eigenvalue weighted by Gasteiger charge is -2.37. The van der Waals surface area contributed by atoms with E-state index in [-0.39, 0.29) is 23.3 Å². The van der Waals surface area contributed by atoms with Crippen LogP contribution in [0.2, 0.25) is 0 Å². The fraction of sp³-hybridized carbons (Fsp3) is 0.579. The number of para-hydroxylation sites is 1. The first-order valence-corrected chi connectivity index (χ1v) is 8.78. The summed E-state index contributed by atoms with van der Waals surface area (Å²) in [5.74, 6) is -0.222. The van der Waals surface area contributed by atoms with Crippen LogP contribution in [0.1, 0.15) is 38.2 Å². The summed E-state index contributed by atoms with van der Waals surface area (Å²) >= 11 is 0. The Morgan fingerprint density at radius 2 is 2.08 bits per heavy atom. The Labute approximate surface area is 141 Å². The molecule has 0 radical (unpaired) electrons. The number of carbonyl (C=O) groups is 2. The number of nitrogens with zero attached hydrogens (tertiary/aromatic N) is 1. The summed E-state index contributed by atoms with van der Waals surface area (Å²) in [4.78, 5) is 26.3. The number of rotatable bonds is 2. The van der Waals surface area contributed by atoms with Gasteiger partial charge in [-0.05, 0) is 38.7 Å². The molecule has 1 saturated carbocycles. The van der Waals surface area contributed by atoms with Crippen LogP contribution >= 0.6 is 0 Å². The highest BCUT2D eigenvalue weighted by molar-refractivity contribution is 5.86. The maximum Gasteiger partial charge on any atom is 0.308 e. The average molecular weight is 329 g/mol. The van der Waals surface area contributed by atoms with Gasteiger partial charge in [-0.1, -0.05) is 18.2 Å². The summed E-state index contributed by atoms with van der Waals surface area (Å²) in [5, 5.41) is 9.30. The van der Waals surface area contributed by atoms with Gasteiger partial charge in [-0.3, -0.25) is 9.59 Å². The highest BCUT2D eigenvalue weighted by Crippen LogP contribution is 2.61. The second kappa shape index (κ2) is 5.50. The second-order valence-electron chi connectivity index (χ2n) is 7.46. The molecule has 3 aliphatic rings. The van der Waals surface area contributed by atoms with Gasteiger partial charge in [0.2, 0.25) is 5.91 Å². The molecule has 4 rings (SSSR count). The number of carboxylic acids is 1. The minimum absolute atomic E-state index is 0.0301. The predicted molar refractivity (Wildman–Crippen MR) is 87.9 cm³/mol. The van der Waals surface area contributed by atoms with Crippen molar-refractivity contribution in [2.45, 2.75) is 44.1 Å². The van der Waals surface area contributed by atoms with Gasteiger partial charge < -0.3 is 14.7 Å². The first-order valence-electron chi connectivity index (χ1n) is 8.78. The molecule has 0 bridgehead atoms. The van der Waals surface area contributed by atoms with E-state index < -0.39 is 11.9 Å². The number of ether oxygens (including phenoxy) is 1. The van der Waals surface area contributed by atoms with Crippen molar-refractivity contribution in [2.75, 3.05) is 13.2 Å². The Bertz CT molecular complexity index is 688. The van der Waals surface area contributed by atoms with E-state index in [1.807, 2.05) is 30.0 Å². The molecular formula is C19H23NO4. The van der Waals surface area contributed by atoms with E-state index in [2.05, 4.69) is 6.07 Å². The number of hydrogen-bond donors (Lipinski definition) is 1. The number of carboxylic acid groups (broad SMARTS) is 1. The lowest BCUT2D eigenvalue weighted by molar-refractivity contribution is -0.147. The maximum atomic E-state index is 13.1. The number of likely N-dealkylation sites (tertiary alicyclic amines) is 1. The normalized spacial score (nSPS) is 34.4. The largest absolute Gasteiger partial charge is 0.493 e. The van der Waals surface area contributed by atoms with Gasteiger partial charge in [0.15, 0.2) is 0 Å². The molecule has 1 aromatic carbocycles. The SMILES string of the molecule is CC1CCC(C(=O)O)CN1C(=O)C1CC12CCOc1ccccc12. The van der Waals surface area contributed by atoms with Crippen molar-refractivity contribution in [2.24, 2.45) is 11.8 Å². The Balaban J connectivity index is 1.56. The van der Waals surface area contributed by atoms with Gasteiger partial charge in [0.05, 0.1) is 12.5 Å². The molecule has 1 aliphatic carbocycles. The van der Waals surface area contributed by atoms with Crippen LogP contribution in [0.15, 0.2) is 24.3 Å². The zero-order chi connectivity index (χ0) is 16.9. The summed E-state index contributed by atoms with van der Waals surface area (Å²) in [6.45, 7) is 3.02. The standard InChI is InChI=1S/C19H23NO4/c1-12-6-7-13(18(22)23)11-20(12)17(21)15-10-19(15)8-9-24-16-5-3-2-4-14(16)19/h2-5,12-13,15H,6-11H2,1H3,(H,22,23). The number of aliphatic carboxylic acids is 1. The number of fused-ring (bicyclic) bond motifs is 2. The predicted octanol–water partition coefficient (Wildman–Crippen LogP) is 2.44. The molecule has 24 heavy (non-hydrogen) atoms. The Hall–Kier alpha value is -2.04. The Kier molecular flexibility index (Phi) is 3.55. The van der Waals surface area contributed by atoms with Gasteiger partial charge >= 0.3 is 5.97 Å². The van der Waals surface area contributed by atoms with Crippen LogP contribution in [0.5, 0.6) is 5.75 Å². The molecule has 1 spiro atoms. The van der Waals surface area contributed by atoms with Crippen LogP contribution in [0, 0.1) is 11.8 Å². The zero-order valence-electron chi connectivity index (χ0n) is 13.9. The minimum atomic E-state index is -0.790. The van der Waals surface area contributed by atoms with Gasteiger partial charge in [0, 0.05) is 29.5 Å². The number of piperidine rings is 1. The summed E-state index contributed by atoms with van der Waals surface area (Å²) < 4.78 is 5.74. The van der Waals surface area contributed by atoms with Crippen LogP contribution in [0.4, 0.5) is 0 Å². The molecule has 2 heterocycles. The maximum absolute atomic E-state index is 13.1. The third-order valence-corrected chi connectivity index (χ3v) is 6.12. The van der Waals surface area contributed by atoms with Crippen molar-refractivity contribution in [1.29, 1.82) is 0 Å². The van der Waals surface area contributed by atoms with E-state index in [0.29, 0.717) is 19.6 Å². The number of benzene rings is 1. The van der Waals surface area contributed by atoms with Gasteiger partial charge in [0.25, 0.3) is 0 Å². The van der Waals surface area contributed by atoms with Crippen LogP contribution < -0.4 is 4.74 Å². The molecule has 1 N–H and O–H groups in total. The fourth-order valence-corrected chi connectivity index (χ4v) is 4.50. The molecule has 1 amide bonds. The van der Waals surface area contributed by atoms with Crippen molar-refractivity contribution in [3.05, 3.63) is 29.8 Å². The number of hydrogen-bond acceptors (Lipinski definition) is 3. The van der Waals surface area contributed by atoms with Crippen molar-refractivity contribution in [3.8, 4) is 5.75 Å². The zero-order valence-corrected chi connectivity index (χ0v) is 13.9. The van der Waals surface area contributed by atoms with Crippen molar-refractivity contribution in [1.82, 2.24) is 4.90 Å². The molecule has 128 valence electrons. The van der Waals surface area contributed by atoms with E-state index in [4.69, 9.17) is 4.74 Å². The lowest BCUT2D eigenvalue weighted by Crippen LogP contribution is -2.48. The van der Waals surface area contributed by atoms with Crippen molar-refractivity contribution in [3.63, 3.8) is 0 Å². The molecule has 5 heteroatoms. The van der Waals surface area contributed by atoms with Gasteiger partial charge in [0.1, 0.15) is 5.75 Å². The molecular weight excluding hydrogens is 306 g/mol. The number of amides is 1. The summed E-state index contributed by atoms with van der Waals surface area (Å²) in [5.41, 5.74) is 1.05. The first-order chi connectivity index (χ1) is 11.5. The summed E-state index contributed by atoms with van der Waals surface area (Å²) in [6, 6.07) is 8.13. The van der Waals surface area contributed by atoms with Gasteiger partial charge in [-0.15, -0.1) is 0 Å². The van der Waals surface area contributed by atoms with Crippen LogP contribution in [-0.2, 0) is 15.0 Å². The van der Waals surface area contributed by atoms with E-state index >= 15 is 0 Å². The molecule has 1 aromatic rings. The Morgan fingerprint density at radius 1 is 1.29 bits per heavy atom. The lowest BCUT2D eigenvalue weighted by atomic mass is 9.86. The monoisotopic (exact) mass is 329 g/mol. The highest BCUT2D eigenvalue weighted by Gasteiger charge is 2.62. The van der Waals surface area contributed by atoms with Gasteiger partial charge in [-0.2, -0.15) is 0 Å². The second-order valence-corrected chi connectivity index (χ2v) is 7.46. The smallest absolute Gasteiger partial charge is 0.308 e. The third kappa shape index (κ3) is 2.29. The summed E-state index contributed by atoms with van der Waals surface area (Å²) in [7, 11) is 0. The van der Waals surface area contributed by atoms with Gasteiger partial charge in [-0.25, -0.2) is 0 Å². The molecule has 1 saturated heterocycles. The molecule has 5 nitrogen and oxygen atoms in total. The molecule has 2 fully saturated rings. The Morgan fingerprint density at radius 3 is 2.88 bits per heavy atom. The molecule has 4 unspecified atom stereocenters. The van der Waals surface area contributed by atoms with Crippen molar-refractivity contribution < 1.29 is 19.4 Å². The first kappa shape index (κ1) is 15.5. The minimum Gasteiger partial charge on any atom is -0.493 e. The topological polar surface area (TPSA) is 66.8 Å². The molecule has 0 aromatic heterocycles. The average Bonchev–Trinajstić information content (AvgIpc) is 3.29. The quantitative estimate of drug-likeness (QED) is 0.905. The molecule has 2 aliphatic heterocycles. The van der Waals surface area contributed by atoms with E-state index in [1.165, 1.54) is 0 Å². The number of carbonyl (C=O) groups excluding carboxylic acids is 1. The van der Waals surface area contributed by atoms with Crippen LogP contribution in [0.3, 0.4) is 0 Å². The van der Waals surface area contributed by atoms with Crippen LogP contribution in [-0.4, -0.2) is 41.1 Å². The van der Waals surface area contributed by atoms with Crippen molar-refractivity contribution >= 4 is 11.9 Å². The van der Waals surface area contributed by atoms with E-state index in [1.54, 1.807) is 0 Å². The molecule has 4 atom stereocenters. The fourth-order valence-electron chi connectivity index (χ4n) is 4.50. The highest BCUT2D eigenvalue weighted by atomic mass is 16.5. The third-order valence-electron chi connectivity index (χ3n) is 6.12. The summed E-state index contributed by atoms with van der Waals surface area (Å²) in [6.07, 6.45) is 3.15. The van der Waals surface area contributed by atoms with E-state index in [9.17, 15) is 14.7 Å². The van der Waals surface area contributed by atoms with E-state index in [0.717, 1.165) is 30.6 Å². The van der Waals surface area contributed by atoms with Crippen LogP contribution in [0.25, 0.3) is 0 Å².